The molecule has 0 aliphatic carbocycles. The first-order chi connectivity index (χ1) is 16.0. The smallest absolute Gasteiger partial charge is 0.232 e. The minimum Gasteiger partial charge on any atom is -0.497 e. The molecule has 0 N–H and O–H groups in total. The third-order valence-corrected chi connectivity index (χ3v) is 6.43. The van der Waals surface area contributed by atoms with Crippen molar-refractivity contribution in [2.24, 2.45) is 0 Å². The summed E-state index contributed by atoms with van der Waals surface area (Å²) in [6, 6.07) is 17.3. The van der Waals surface area contributed by atoms with Crippen LogP contribution in [0.25, 0.3) is 6.08 Å². The third-order valence-electron chi connectivity index (χ3n) is 6.06. The van der Waals surface area contributed by atoms with Gasteiger partial charge in [0.15, 0.2) is 5.76 Å². The predicted octanol–water partition coefficient (Wildman–Crippen LogP) is 5.67. The summed E-state index contributed by atoms with van der Waals surface area (Å²) in [5, 5.41) is 0.773. The van der Waals surface area contributed by atoms with Crippen molar-refractivity contribution >= 4 is 23.5 Å². The monoisotopic (exact) mass is 461 g/mol. The molecule has 0 spiro atoms. The van der Waals surface area contributed by atoms with E-state index in [0.717, 1.165) is 51.7 Å². The van der Waals surface area contributed by atoms with Crippen molar-refractivity contribution in [3.8, 4) is 17.2 Å². The summed E-state index contributed by atoms with van der Waals surface area (Å²) in [7, 11) is 1.62. The number of hydrogen-bond acceptors (Lipinski definition) is 5. The number of carbonyl (C=O) groups excluding carboxylic acids is 1. The first kappa shape index (κ1) is 21.6. The predicted molar refractivity (Wildman–Crippen MR) is 128 cm³/mol. The number of Topliss-reactive ketones (excluding diaryl/α,β-unsaturated/α-hetero) is 1. The number of methoxy groups -OCH3 is 1. The fourth-order valence-corrected chi connectivity index (χ4v) is 4.48. The Morgan fingerprint density at radius 3 is 2.70 bits per heavy atom. The molecule has 2 heterocycles. The van der Waals surface area contributed by atoms with Crippen molar-refractivity contribution in [2.75, 3.05) is 20.4 Å². The van der Waals surface area contributed by atoms with Crippen LogP contribution in [0.4, 0.5) is 0 Å². The summed E-state index contributed by atoms with van der Waals surface area (Å²) < 4.78 is 17.4. The van der Waals surface area contributed by atoms with Crippen LogP contribution in [0.5, 0.6) is 17.2 Å². The number of nitrogens with zero attached hydrogens (tertiary/aromatic N) is 1. The number of rotatable bonds is 5. The van der Waals surface area contributed by atoms with Crippen LogP contribution in [-0.4, -0.2) is 31.1 Å². The lowest BCUT2D eigenvalue weighted by Crippen LogP contribution is -2.34. The number of allylic oxidation sites excluding steroid dienone is 1. The zero-order valence-corrected chi connectivity index (χ0v) is 19.3. The van der Waals surface area contributed by atoms with Crippen molar-refractivity contribution in [1.29, 1.82) is 0 Å². The molecule has 0 unspecified atom stereocenters. The third kappa shape index (κ3) is 4.22. The molecule has 168 valence electrons. The number of carbonyl (C=O) groups is 1. The van der Waals surface area contributed by atoms with Crippen LogP contribution in [-0.2, 0) is 13.0 Å². The number of aryl methyl sites for hydroxylation is 1. The molecule has 5 rings (SSSR count). The molecule has 5 nitrogen and oxygen atoms in total. The highest BCUT2D eigenvalue weighted by Gasteiger charge is 2.35. The molecule has 0 aromatic heterocycles. The molecule has 0 amide bonds. The molecular weight excluding hydrogens is 438 g/mol. The van der Waals surface area contributed by atoms with E-state index in [1.54, 1.807) is 13.2 Å². The number of ether oxygens (including phenoxy) is 3. The highest BCUT2D eigenvalue weighted by Crippen LogP contribution is 2.44. The van der Waals surface area contributed by atoms with Gasteiger partial charge in [-0.25, -0.2) is 0 Å². The van der Waals surface area contributed by atoms with Gasteiger partial charge in [-0.05, 0) is 60.4 Å². The van der Waals surface area contributed by atoms with Crippen LogP contribution in [0.15, 0.2) is 60.4 Å². The number of ketones is 1. The van der Waals surface area contributed by atoms with Crippen molar-refractivity contribution < 1.29 is 19.0 Å². The Morgan fingerprint density at radius 1 is 1.15 bits per heavy atom. The maximum atomic E-state index is 13.2. The average molecular weight is 462 g/mol. The van der Waals surface area contributed by atoms with E-state index in [2.05, 4.69) is 4.90 Å². The Balaban J connectivity index is 1.39. The molecule has 0 fully saturated rings. The molecule has 3 aromatic carbocycles. The molecule has 2 aliphatic rings. The maximum absolute atomic E-state index is 13.2. The molecule has 0 radical (unpaired) electrons. The van der Waals surface area contributed by atoms with Crippen molar-refractivity contribution in [1.82, 2.24) is 4.90 Å². The highest BCUT2D eigenvalue weighted by molar-refractivity contribution is 6.31. The fraction of sp³-hybridized carbons (Fsp3) is 0.222. The Labute approximate surface area is 198 Å². The minimum atomic E-state index is -0.102. The van der Waals surface area contributed by atoms with Crippen LogP contribution in [0.1, 0.15) is 32.6 Å². The normalized spacial score (nSPS) is 16.2. The Morgan fingerprint density at radius 2 is 1.94 bits per heavy atom. The van der Waals surface area contributed by atoms with Crippen LogP contribution in [0.3, 0.4) is 0 Å². The molecule has 3 aromatic rings. The van der Waals surface area contributed by atoms with Gasteiger partial charge in [-0.15, -0.1) is 0 Å². The van der Waals surface area contributed by atoms with Gasteiger partial charge in [0.1, 0.15) is 24.0 Å². The van der Waals surface area contributed by atoms with E-state index in [1.165, 1.54) is 0 Å². The second-order valence-corrected chi connectivity index (χ2v) is 8.66. The van der Waals surface area contributed by atoms with Gasteiger partial charge in [0.05, 0.1) is 18.2 Å². The lowest BCUT2D eigenvalue weighted by Gasteiger charge is -2.30. The molecule has 33 heavy (non-hydrogen) atoms. The zero-order valence-electron chi connectivity index (χ0n) is 18.6. The van der Waals surface area contributed by atoms with Gasteiger partial charge in [0, 0.05) is 18.1 Å². The maximum Gasteiger partial charge on any atom is 0.232 e. The zero-order chi connectivity index (χ0) is 22.9. The first-order valence-corrected chi connectivity index (χ1v) is 11.2. The lowest BCUT2D eigenvalue weighted by atomic mass is 9.98. The molecular formula is C27H24ClNO4. The standard InChI is InChI=1S/C27H24ClNO4/c1-17-13-23-21(15-29(16-32-23)12-11-19-5-3-4-6-22(19)28)27-25(17)26(30)24(33-27)14-18-7-9-20(31-2)10-8-18/h3-10,13-14H,11-12,15-16H2,1-2H3/b24-14-. The largest absolute Gasteiger partial charge is 0.497 e. The SMILES string of the molecule is COc1ccc(/C=C2\Oc3c4c(cc(C)c3C2=O)OCN(CCc2ccccc2Cl)C4)cc1. The minimum absolute atomic E-state index is 0.102. The van der Waals surface area contributed by atoms with Crippen molar-refractivity contribution in [3.05, 3.63) is 93.2 Å². The topological polar surface area (TPSA) is 48.0 Å². The van der Waals surface area contributed by atoms with E-state index in [1.807, 2.05) is 61.5 Å². The summed E-state index contributed by atoms with van der Waals surface area (Å²) in [6.07, 6.45) is 2.58. The molecule has 0 bridgehead atoms. The fourth-order valence-electron chi connectivity index (χ4n) is 4.25. The lowest BCUT2D eigenvalue weighted by molar-refractivity contribution is 0.0949. The second kappa shape index (κ2) is 8.93. The number of fused-ring (bicyclic) bond motifs is 3. The summed E-state index contributed by atoms with van der Waals surface area (Å²) in [5.41, 5.74) is 4.36. The number of halogens is 1. The average Bonchev–Trinajstić information content (AvgIpc) is 3.16. The second-order valence-electron chi connectivity index (χ2n) is 8.25. The van der Waals surface area contributed by atoms with Gasteiger partial charge in [-0.1, -0.05) is 41.9 Å². The number of hydrogen-bond donors (Lipinski definition) is 0. The van der Waals surface area contributed by atoms with Crippen LogP contribution >= 0.6 is 11.6 Å². The summed E-state index contributed by atoms with van der Waals surface area (Å²) in [4.78, 5) is 15.4. The summed E-state index contributed by atoms with van der Waals surface area (Å²) >= 11 is 6.31. The quantitative estimate of drug-likeness (QED) is 0.458. The van der Waals surface area contributed by atoms with E-state index in [4.69, 9.17) is 25.8 Å². The van der Waals surface area contributed by atoms with Gasteiger partial charge >= 0.3 is 0 Å². The van der Waals surface area contributed by atoms with Gasteiger partial charge in [-0.2, -0.15) is 0 Å². The molecule has 0 atom stereocenters. The summed E-state index contributed by atoms with van der Waals surface area (Å²) in [6.45, 7) is 3.84. The van der Waals surface area contributed by atoms with Crippen LogP contribution in [0, 0.1) is 6.92 Å². The highest BCUT2D eigenvalue weighted by atomic mass is 35.5. The van der Waals surface area contributed by atoms with Gasteiger partial charge in [-0.3, -0.25) is 9.69 Å². The van der Waals surface area contributed by atoms with Gasteiger partial charge < -0.3 is 14.2 Å². The molecule has 2 aliphatic heterocycles. The van der Waals surface area contributed by atoms with E-state index < -0.39 is 0 Å². The molecule has 0 saturated heterocycles. The Bertz CT molecular complexity index is 1250. The van der Waals surface area contributed by atoms with E-state index in [-0.39, 0.29) is 5.78 Å². The van der Waals surface area contributed by atoms with E-state index >= 15 is 0 Å². The number of benzene rings is 3. The molecule has 6 heteroatoms. The first-order valence-electron chi connectivity index (χ1n) is 10.9. The van der Waals surface area contributed by atoms with Crippen LogP contribution in [0.2, 0.25) is 5.02 Å². The van der Waals surface area contributed by atoms with E-state index in [0.29, 0.717) is 30.3 Å². The van der Waals surface area contributed by atoms with E-state index in [9.17, 15) is 4.79 Å². The van der Waals surface area contributed by atoms with Crippen LogP contribution < -0.4 is 14.2 Å². The Kier molecular flexibility index (Phi) is 5.83. The van der Waals surface area contributed by atoms with Gasteiger partial charge in [0.2, 0.25) is 5.78 Å². The summed E-state index contributed by atoms with van der Waals surface area (Å²) in [5.74, 6) is 2.36. The molecule has 0 saturated carbocycles. The van der Waals surface area contributed by atoms with Crippen molar-refractivity contribution in [2.45, 2.75) is 19.9 Å². The van der Waals surface area contributed by atoms with Crippen molar-refractivity contribution in [3.63, 3.8) is 0 Å². The Hall–Kier alpha value is -3.28. The van der Waals surface area contributed by atoms with Gasteiger partial charge in [0.25, 0.3) is 0 Å².